The molecule has 106 valence electrons. The van der Waals surface area contributed by atoms with Gasteiger partial charge in [-0.3, -0.25) is 9.78 Å². The highest BCUT2D eigenvalue weighted by atomic mass is 16.4. The van der Waals surface area contributed by atoms with E-state index in [1.165, 1.54) is 6.42 Å². The Morgan fingerprint density at radius 2 is 2.10 bits per heavy atom. The number of rotatable bonds is 3. The van der Waals surface area contributed by atoms with Crippen molar-refractivity contribution in [3.63, 3.8) is 0 Å². The summed E-state index contributed by atoms with van der Waals surface area (Å²) in [5.74, 6) is -0.143. The first kappa shape index (κ1) is 13.0. The number of aromatic amines is 1. The van der Waals surface area contributed by atoms with E-state index in [1.807, 2.05) is 12.1 Å². The fraction of sp³-hybridized carbons (Fsp3) is 0.467. The minimum atomic E-state index is -0.455. The highest BCUT2D eigenvalue weighted by Crippen LogP contribution is 2.23. The number of nitrogens with one attached hydrogen (secondary N) is 2. The molecule has 2 N–H and O–H groups in total. The fourth-order valence-corrected chi connectivity index (χ4v) is 2.81. The van der Waals surface area contributed by atoms with Gasteiger partial charge in [0.15, 0.2) is 5.58 Å². The van der Waals surface area contributed by atoms with Crippen LogP contribution >= 0.6 is 0 Å². The molecule has 1 aliphatic carbocycles. The maximum atomic E-state index is 12.1. The largest absolute Gasteiger partial charge is 0.417 e. The van der Waals surface area contributed by atoms with Crippen molar-refractivity contribution in [3.8, 4) is 0 Å². The van der Waals surface area contributed by atoms with Crippen molar-refractivity contribution in [2.45, 2.75) is 38.6 Å². The zero-order valence-corrected chi connectivity index (χ0v) is 11.3. The number of amides is 1. The van der Waals surface area contributed by atoms with E-state index in [-0.39, 0.29) is 11.8 Å². The van der Waals surface area contributed by atoms with Gasteiger partial charge in [-0.05, 0) is 30.5 Å². The third-order valence-corrected chi connectivity index (χ3v) is 3.93. The first-order valence-corrected chi connectivity index (χ1v) is 7.12. The lowest BCUT2D eigenvalue weighted by Crippen LogP contribution is -2.31. The molecular formula is C15H18N2O3. The van der Waals surface area contributed by atoms with E-state index in [9.17, 15) is 9.59 Å². The predicted octanol–water partition coefficient (Wildman–Crippen LogP) is 2.32. The molecule has 0 unspecified atom stereocenters. The topological polar surface area (TPSA) is 75.1 Å². The number of carbonyl (C=O) groups is 1. The zero-order valence-electron chi connectivity index (χ0n) is 11.3. The number of H-pyrrole nitrogens is 1. The van der Waals surface area contributed by atoms with Crippen LogP contribution < -0.4 is 11.1 Å². The summed E-state index contributed by atoms with van der Waals surface area (Å²) >= 11 is 0. The van der Waals surface area contributed by atoms with Crippen molar-refractivity contribution in [3.05, 3.63) is 34.3 Å². The molecule has 0 spiro atoms. The van der Waals surface area contributed by atoms with Gasteiger partial charge >= 0.3 is 5.76 Å². The van der Waals surface area contributed by atoms with E-state index >= 15 is 0 Å². The second kappa shape index (κ2) is 5.53. The lowest BCUT2D eigenvalue weighted by Gasteiger charge is -2.20. The highest BCUT2D eigenvalue weighted by molar-refractivity contribution is 5.79. The molecule has 2 aromatic rings. The van der Waals surface area contributed by atoms with Crippen LogP contribution in [0, 0.1) is 5.92 Å². The van der Waals surface area contributed by atoms with Gasteiger partial charge in [-0.1, -0.05) is 25.3 Å². The van der Waals surface area contributed by atoms with Crippen LogP contribution in [0.15, 0.2) is 27.4 Å². The van der Waals surface area contributed by atoms with Crippen LogP contribution in [0.3, 0.4) is 0 Å². The molecule has 0 aliphatic heterocycles. The summed E-state index contributed by atoms with van der Waals surface area (Å²) in [6.45, 7) is 0.485. The van der Waals surface area contributed by atoms with E-state index in [4.69, 9.17) is 4.42 Å². The van der Waals surface area contributed by atoms with Gasteiger partial charge in [0, 0.05) is 12.5 Å². The third-order valence-electron chi connectivity index (χ3n) is 3.93. The van der Waals surface area contributed by atoms with Crippen LogP contribution in [0.4, 0.5) is 0 Å². The van der Waals surface area contributed by atoms with Crippen molar-refractivity contribution in [1.82, 2.24) is 10.3 Å². The SMILES string of the molecule is O=C(NCc1ccc2oc(=O)[nH]c2c1)C1CCCCC1. The third kappa shape index (κ3) is 2.76. The van der Waals surface area contributed by atoms with E-state index in [2.05, 4.69) is 10.3 Å². The van der Waals surface area contributed by atoms with Gasteiger partial charge in [0.25, 0.3) is 0 Å². The van der Waals surface area contributed by atoms with Crippen molar-refractivity contribution in [1.29, 1.82) is 0 Å². The average molecular weight is 274 g/mol. The molecule has 0 radical (unpaired) electrons. The minimum absolute atomic E-state index is 0.144. The van der Waals surface area contributed by atoms with E-state index in [0.29, 0.717) is 17.6 Å². The number of oxazole rings is 1. The molecule has 1 aromatic heterocycles. The molecule has 1 amide bonds. The van der Waals surface area contributed by atoms with Gasteiger partial charge in [0.2, 0.25) is 5.91 Å². The molecule has 1 aliphatic rings. The minimum Gasteiger partial charge on any atom is -0.408 e. The van der Waals surface area contributed by atoms with Gasteiger partial charge in [-0.25, -0.2) is 4.79 Å². The molecule has 3 rings (SSSR count). The maximum absolute atomic E-state index is 12.1. The molecule has 0 bridgehead atoms. The number of aromatic nitrogens is 1. The number of benzene rings is 1. The van der Waals surface area contributed by atoms with Gasteiger partial charge < -0.3 is 9.73 Å². The smallest absolute Gasteiger partial charge is 0.408 e. The van der Waals surface area contributed by atoms with Crippen LogP contribution in [-0.4, -0.2) is 10.9 Å². The number of fused-ring (bicyclic) bond motifs is 1. The maximum Gasteiger partial charge on any atom is 0.417 e. The van der Waals surface area contributed by atoms with E-state index < -0.39 is 5.76 Å². The van der Waals surface area contributed by atoms with Gasteiger partial charge in [-0.15, -0.1) is 0 Å². The molecule has 1 fully saturated rings. The molecule has 0 atom stereocenters. The van der Waals surface area contributed by atoms with Gasteiger partial charge in [0.1, 0.15) is 0 Å². The summed E-state index contributed by atoms with van der Waals surface area (Å²) in [4.78, 5) is 25.7. The van der Waals surface area contributed by atoms with E-state index in [1.54, 1.807) is 6.07 Å². The molecular weight excluding hydrogens is 256 g/mol. The Bertz CT molecular complexity index is 665. The lowest BCUT2D eigenvalue weighted by atomic mass is 9.88. The molecule has 5 heteroatoms. The molecule has 0 saturated heterocycles. The predicted molar refractivity (Wildman–Crippen MR) is 75.3 cm³/mol. The standard InChI is InChI=1S/C15H18N2O3/c18-14(11-4-2-1-3-5-11)16-9-10-6-7-13-12(8-10)17-15(19)20-13/h6-8,11H,1-5,9H2,(H,16,18)(H,17,19). The Morgan fingerprint density at radius 3 is 2.90 bits per heavy atom. The number of hydrogen-bond donors (Lipinski definition) is 2. The van der Waals surface area contributed by atoms with Crippen molar-refractivity contribution < 1.29 is 9.21 Å². The second-order valence-electron chi connectivity index (χ2n) is 5.40. The van der Waals surface area contributed by atoms with Crippen molar-refractivity contribution in [2.75, 3.05) is 0 Å². The van der Waals surface area contributed by atoms with E-state index in [0.717, 1.165) is 31.2 Å². The van der Waals surface area contributed by atoms with Crippen LogP contribution in [0.2, 0.25) is 0 Å². The first-order chi connectivity index (χ1) is 9.72. The normalized spacial score (nSPS) is 16.4. The van der Waals surface area contributed by atoms with Crippen LogP contribution in [0.1, 0.15) is 37.7 Å². The van der Waals surface area contributed by atoms with Crippen molar-refractivity contribution in [2.24, 2.45) is 5.92 Å². The Labute approximate surface area is 116 Å². The molecule has 20 heavy (non-hydrogen) atoms. The summed E-state index contributed by atoms with van der Waals surface area (Å²) in [7, 11) is 0. The molecule has 5 nitrogen and oxygen atoms in total. The second-order valence-corrected chi connectivity index (χ2v) is 5.40. The molecule has 1 aromatic carbocycles. The average Bonchev–Trinajstić information content (AvgIpc) is 2.85. The highest BCUT2D eigenvalue weighted by Gasteiger charge is 2.20. The zero-order chi connectivity index (χ0) is 13.9. The summed E-state index contributed by atoms with van der Waals surface area (Å²) in [6, 6.07) is 5.44. The van der Waals surface area contributed by atoms with Crippen LogP contribution in [0.5, 0.6) is 0 Å². The summed E-state index contributed by atoms with van der Waals surface area (Å²) in [5, 5.41) is 2.98. The van der Waals surface area contributed by atoms with Gasteiger partial charge in [-0.2, -0.15) is 0 Å². The molecule has 1 heterocycles. The monoisotopic (exact) mass is 274 g/mol. The number of hydrogen-bond acceptors (Lipinski definition) is 3. The number of carbonyl (C=O) groups excluding carboxylic acids is 1. The Morgan fingerprint density at radius 1 is 1.30 bits per heavy atom. The Balaban J connectivity index is 1.64. The lowest BCUT2D eigenvalue weighted by molar-refractivity contribution is -0.126. The Hall–Kier alpha value is -2.04. The van der Waals surface area contributed by atoms with Crippen molar-refractivity contribution >= 4 is 17.0 Å². The quantitative estimate of drug-likeness (QED) is 0.902. The Kier molecular flexibility index (Phi) is 3.58. The van der Waals surface area contributed by atoms with Crippen LogP contribution in [-0.2, 0) is 11.3 Å². The summed E-state index contributed by atoms with van der Waals surface area (Å²) in [6.07, 6.45) is 5.55. The summed E-state index contributed by atoms with van der Waals surface area (Å²) in [5.41, 5.74) is 2.16. The van der Waals surface area contributed by atoms with Crippen LogP contribution in [0.25, 0.3) is 11.1 Å². The first-order valence-electron chi connectivity index (χ1n) is 7.12. The fourth-order valence-electron chi connectivity index (χ4n) is 2.81. The summed E-state index contributed by atoms with van der Waals surface area (Å²) < 4.78 is 4.95. The van der Waals surface area contributed by atoms with Gasteiger partial charge in [0.05, 0.1) is 5.52 Å². The molecule has 1 saturated carbocycles.